The van der Waals surface area contributed by atoms with Gasteiger partial charge in [0.15, 0.2) is 9.76 Å². The van der Waals surface area contributed by atoms with Gasteiger partial charge in [0, 0.05) is 0 Å². The number of hydrogen-bond acceptors (Lipinski definition) is 4. The van der Waals surface area contributed by atoms with Crippen molar-refractivity contribution in [2.24, 2.45) is 10.2 Å². The fraction of sp³-hybridized carbons (Fsp3) is 0. The van der Waals surface area contributed by atoms with Crippen molar-refractivity contribution < 1.29 is 0 Å². The first-order chi connectivity index (χ1) is 5.27. The van der Waals surface area contributed by atoms with Gasteiger partial charge in [0.1, 0.15) is 11.4 Å². The van der Waals surface area contributed by atoms with E-state index in [0.717, 1.165) is 0 Å². The third kappa shape index (κ3) is 0.997. The summed E-state index contributed by atoms with van der Waals surface area (Å²) in [6.45, 7) is 0. The van der Waals surface area contributed by atoms with Crippen LogP contribution in [0.15, 0.2) is 16.4 Å². The van der Waals surface area contributed by atoms with Crippen molar-refractivity contribution in [2.75, 3.05) is 0 Å². The van der Waals surface area contributed by atoms with Gasteiger partial charge in [-0.15, -0.1) is 10.2 Å². The van der Waals surface area contributed by atoms with Crippen LogP contribution < -0.4 is 0 Å². The van der Waals surface area contributed by atoms with Crippen molar-refractivity contribution in [1.29, 1.82) is 0 Å². The molecule has 54 valence electrons. The Morgan fingerprint density at radius 2 is 2.09 bits per heavy atom. The zero-order chi connectivity index (χ0) is 7.84. The summed E-state index contributed by atoms with van der Waals surface area (Å²) in [4.78, 5) is 7.08. The highest BCUT2D eigenvalue weighted by Crippen LogP contribution is 2.23. The van der Waals surface area contributed by atoms with E-state index in [9.17, 15) is 0 Å². The van der Waals surface area contributed by atoms with Crippen LogP contribution in [0.25, 0.3) is 0 Å². The number of aromatic nitrogens is 2. The number of hydrogen-bond donors (Lipinski definition) is 1. The topological polar surface area (TPSA) is 53.4 Å². The number of rotatable bonds is 0. The van der Waals surface area contributed by atoms with Gasteiger partial charge in [-0.05, 0) is 12.2 Å². The maximum atomic E-state index is 4.87. The molecule has 2 heterocycles. The van der Waals surface area contributed by atoms with Crippen molar-refractivity contribution >= 4 is 35.1 Å². The number of nitrogens with one attached hydrogen (secondary N) is 1. The third-order valence-electron chi connectivity index (χ3n) is 1.25. The molecule has 0 fully saturated rings. The molecule has 4 nitrogen and oxygen atoms in total. The van der Waals surface area contributed by atoms with Crippen LogP contribution in [-0.2, 0) is 0 Å². The minimum Gasteiger partial charge on any atom is -0.326 e. The summed E-state index contributed by atoms with van der Waals surface area (Å²) in [7, 11) is 0. The average Bonchev–Trinajstić information content (AvgIpc) is 2.33. The van der Waals surface area contributed by atoms with Crippen LogP contribution >= 0.6 is 24.4 Å². The Labute approximate surface area is 72.4 Å². The lowest BCUT2D eigenvalue weighted by atomic mass is 10.4. The van der Waals surface area contributed by atoms with E-state index < -0.39 is 0 Å². The molecule has 0 atom stereocenters. The Bertz CT molecular complexity index is 405. The SMILES string of the molecule is S=C1N=Nc2cnc(=S)[nH]c21. The zero-order valence-corrected chi connectivity index (χ0v) is 6.87. The normalized spacial score (nSPS) is 13.6. The first-order valence-corrected chi connectivity index (χ1v) is 3.64. The summed E-state index contributed by atoms with van der Waals surface area (Å²) in [6, 6.07) is 0. The second-order valence-corrected chi connectivity index (χ2v) is 2.73. The lowest BCUT2D eigenvalue weighted by molar-refractivity contribution is 1.12. The van der Waals surface area contributed by atoms with E-state index in [1.165, 1.54) is 0 Å². The summed E-state index contributed by atoms with van der Waals surface area (Å²) in [5.41, 5.74) is 1.35. The molecule has 0 spiro atoms. The van der Waals surface area contributed by atoms with Crippen LogP contribution in [0.2, 0.25) is 0 Å². The summed E-state index contributed by atoms with van der Waals surface area (Å²) in [5.74, 6) is 0. The summed E-state index contributed by atoms with van der Waals surface area (Å²) in [6.07, 6.45) is 1.55. The fourth-order valence-corrected chi connectivity index (χ4v) is 1.13. The van der Waals surface area contributed by atoms with Gasteiger partial charge < -0.3 is 4.98 Å². The van der Waals surface area contributed by atoms with Crippen LogP contribution in [0.5, 0.6) is 0 Å². The second kappa shape index (κ2) is 2.24. The van der Waals surface area contributed by atoms with Crippen molar-refractivity contribution in [3.05, 3.63) is 16.7 Å². The summed E-state index contributed by atoms with van der Waals surface area (Å²) < 4.78 is 0.401. The molecule has 0 amide bonds. The molecule has 1 aromatic heterocycles. The minimum atomic E-state index is 0.401. The molecule has 0 aliphatic carbocycles. The van der Waals surface area contributed by atoms with E-state index in [2.05, 4.69) is 20.2 Å². The minimum absolute atomic E-state index is 0.401. The molecule has 0 aromatic carbocycles. The van der Waals surface area contributed by atoms with Crippen LogP contribution in [0, 0.1) is 4.77 Å². The van der Waals surface area contributed by atoms with Crippen LogP contribution in [-0.4, -0.2) is 15.0 Å². The van der Waals surface area contributed by atoms with Crippen molar-refractivity contribution in [3.63, 3.8) is 0 Å². The molecule has 1 N–H and O–H groups in total. The summed E-state index contributed by atoms with van der Waals surface area (Å²) >= 11 is 9.66. The molecule has 0 saturated carbocycles. The molecule has 0 radical (unpaired) electrons. The number of H-pyrrole nitrogens is 1. The highest BCUT2D eigenvalue weighted by atomic mass is 32.1. The maximum Gasteiger partial charge on any atom is 0.197 e. The third-order valence-corrected chi connectivity index (χ3v) is 1.75. The highest BCUT2D eigenvalue weighted by molar-refractivity contribution is 7.80. The van der Waals surface area contributed by atoms with E-state index in [-0.39, 0.29) is 0 Å². The Kier molecular flexibility index (Phi) is 1.36. The predicted molar refractivity (Wildman–Crippen MR) is 45.6 cm³/mol. The molecule has 0 unspecified atom stereocenters. The van der Waals surface area contributed by atoms with Crippen molar-refractivity contribution in [1.82, 2.24) is 9.97 Å². The molecular formula is C5H2N4S2. The molecular weight excluding hydrogens is 180 g/mol. The molecule has 0 saturated heterocycles. The molecule has 6 heteroatoms. The van der Waals surface area contributed by atoms with Crippen LogP contribution in [0.3, 0.4) is 0 Å². The van der Waals surface area contributed by atoms with Crippen LogP contribution in [0.4, 0.5) is 5.69 Å². The molecule has 1 aliphatic heterocycles. The molecule has 11 heavy (non-hydrogen) atoms. The number of thiocarbonyl (C=S) groups is 1. The van der Waals surface area contributed by atoms with E-state index in [0.29, 0.717) is 21.1 Å². The number of fused-ring (bicyclic) bond motifs is 1. The highest BCUT2D eigenvalue weighted by Gasteiger charge is 2.13. The Hall–Kier alpha value is -1.01. The Morgan fingerprint density at radius 1 is 1.27 bits per heavy atom. The van der Waals surface area contributed by atoms with Gasteiger partial charge in [-0.1, -0.05) is 12.2 Å². The maximum absolute atomic E-state index is 4.87. The fourth-order valence-electron chi connectivity index (χ4n) is 0.776. The molecule has 0 bridgehead atoms. The summed E-state index contributed by atoms with van der Waals surface area (Å²) in [5, 5.41) is 7.45. The van der Waals surface area contributed by atoms with Gasteiger partial charge >= 0.3 is 0 Å². The van der Waals surface area contributed by atoms with E-state index in [4.69, 9.17) is 24.4 Å². The monoisotopic (exact) mass is 182 g/mol. The number of nitrogens with zero attached hydrogens (tertiary/aromatic N) is 3. The molecule has 2 rings (SSSR count). The van der Waals surface area contributed by atoms with Gasteiger partial charge in [0.05, 0.1) is 6.20 Å². The van der Waals surface area contributed by atoms with Gasteiger partial charge in [-0.25, -0.2) is 4.98 Å². The van der Waals surface area contributed by atoms with E-state index >= 15 is 0 Å². The van der Waals surface area contributed by atoms with Crippen molar-refractivity contribution in [2.45, 2.75) is 0 Å². The smallest absolute Gasteiger partial charge is 0.197 e. The largest absolute Gasteiger partial charge is 0.326 e. The lowest BCUT2D eigenvalue weighted by Crippen LogP contribution is -1.93. The van der Waals surface area contributed by atoms with Crippen LogP contribution in [0.1, 0.15) is 5.69 Å². The lowest BCUT2D eigenvalue weighted by Gasteiger charge is -1.91. The van der Waals surface area contributed by atoms with Gasteiger partial charge in [-0.3, -0.25) is 0 Å². The quantitative estimate of drug-likeness (QED) is 0.623. The van der Waals surface area contributed by atoms with Crippen molar-refractivity contribution in [3.8, 4) is 0 Å². The number of azo groups is 1. The Morgan fingerprint density at radius 3 is 2.91 bits per heavy atom. The second-order valence-electron chi connectivity index (χ2n) is 1.95. The predicted octanol–water partition coefficient (Wildman–Crippen LogP) is 1.91. The molecule has 1 aliphatic rings. The number of aromatic amines is 1. The Balaban J connectivity index is 2.76. The van der Waals surface area contributed by atoms with Gasteiger partial charge in [-0.2, -0.15) is 0 Å². The van der Waals surface area contributed by atoms with Gasteiger partial charge in [0.25, 0.3) is 0 Å². The molecule has 1 aromatic rings. The standard InChI is InChI=1S/C5H2N4S2/c10-4-3-2(8-9-4)1-6-5(11)7-3/h1H,(H,6,7,11). The van der Waals surface area contributed by atoms with E-state index in [1.54, 1.807) is 6.20 Å². The first-order valence-electron chi connectivity index (χ1n) is 2.83. The average molecular weight is 182 g/mol. The zero-order valence-electron chi connectivity index (χ0n) is 5.24. The first kappa shape index (κ1) is 6.68. The van der Waals surface area contributed by atoms with E-state index in [1.807, 2.05) is 0 Å². The van der Waals surface area contributed by atoms with Gasteiger partial charge in [0.2, 0.25) is 0 Å².